The van der Waals surface area contributed by atoms with Crippen LogP contribution >= 0.6 is 11.6 Å². The lowest BCUT2D eigenvalue weighted by molar-refractivity contribution is -0.137. The van der Waals surface area contributed by atoms with E-state index in [0.717, 1.165) is 63.7 Å². The number of oxazole rings is 1. The Bertz CT molecular complexity index is 1700. The zero-order valence-corrected chi connectivity index (χ0v) is 27.6. The van der Waals surface area contributed by atoms with E-state index in [-0.39, 0.29) is 35.0 Å². The predicted molar refractivity (Wildman–Crippen MR) is 179 cm³/mol. The highest BCUT2D eigenvalue weighted by Gasteiger charge is 2.44. The molecule has 1 amide bonds. The van der Waals surface area contributed by atoms with Crippen molar-refractivity contribution in [2.24, 2.45) is 11.3 Å². The molecule has 47 heavy (non-hydrogen) atoms. The van der Waals surface area contributed by atoms with Crippen LogP contribution in [-0.2, 0) is 17.8 Å². The topological polar surface area (TPSA) is 98.2 Å². The third kappa shape index (κ3) is 7.04. The number of aromatic nitrogens is 4. The van der Waals surface area contributed by atoms with Gasteiger partial charge in [-0.2, -0.15) is 5.10 Å². The van der Waals surface area contributed by atoms with Crippen LogP contribution in [-0.4, -0.2) is 55.3 Å². The fourth-order valence-corrected chi connectivity index (χ4v) is 8.78. The van der Waals surface area contributed by atoms with Crippen molar-refractivity contribution in [3.8, 4) is 0 Å². The number of hydrogen-bond acceptors (Lipinski definition) is 6. The summed E-state index contributed by atoms with van der Waals surface area (Å²) in [6.07, 6.45) is 15.5. The Balaban J connectivity index is 1.04. The molecule has 11 heteroatoms. The first-order chi connectivity index (χ1) is 22.9. The van der Waals surface area contributed by atoms with Crippen LogP contribution in [0.25, 0.3) is 11.1 Å². The molecule has 2 aliphatic carbocycles. The van der Waals surface area contributed by atoms with Gasteiger partial charge in [0.25, 0.3) is 0 Å². The number of amides is 1. The zero-order chi connectivity index (χ0) is 32.4. The summed E-state index contributed by atoms with van der Waals surface area (Å²) in [5.74, 6) is -0.0729. The van der Waals surface area contributed by atoms with E-state index in [1.165, 1.54) is 44.2 Å². The third-order valence-electron chi connectivity index (χ3n) is 11.2. The van der Waals surface area contributed by atoms with E-state index in [1.807, 2.05) is 35.3 Å². The molecule has 1 saturated heterocycles. The fourth-order valence-electron chi connectivity index (χ4n) is 8.66. The minimum Gasteiger partial charge on any atom is -0.408 e. The van der Waals surface area contributed by atoms with Gasteiger partial charge in [0.15, 0.2) is 5.58 Å². The second-order valence-corrected chi connectivity index (χ2v) is 14.5. The smallest absolute Gasteiger partial charge is 0.408 e. The lowest BCUT2D eigenvalue weighted by Gasteiger charge is -2.48. The maximum Gasteiger partial charge on any atom is 0.420 e. The molecular weight excluding hydrogens is 619 g/mol. The highest BCUT2D eigenvalue weighted by atomic mass is 35.5. The van der Waals surface area contributed by atoms with Gasteiger partial charge in [0, 0.05) is 42.8 Å². The second-order valence-electron chi connectivity index (χ2n) is 14.0. The molecule has 1 atom stereocenters. The number of piperidine rings is 1. The van der Waals surface area contributed by atoms with Crippen LogP contribution in [0.2, 0.25) is 5.02 Å². The average molecular weight is 663 g/mol. The van der Waals surface area contributed by atoms with Crippen molar-refractivity contribution in [3.05, 3.63) is 82.1 Å². The van der Waals surface area contributed by atoms with Crippen LogP contribution in [0.15, 0.2) is 64.3 Å². The van der Waals surface area contributed by atoms with Crippen LogP contribution in [0.4, 0.5) is 4.39 Å². The summed E-state index contributed by atoms with van der Waals surface area (Å²) < 4.78 is 22.8. The van der Waals surface area contributed by atoms with Gasteiger partial charge >= 0.3 is 5.76 Å². The number of nitrogens with one attached hydrogen (secondary N) is 1. The monoisotopic (exact) mass is 662 g/mol. The van der Waals surface area contributed by atoms with E-state index in [4.69, 9.17) is 16.0 Å². The lowest BCUT2D eigenvalue weighted by atomic mass is 9.63. The third-order valence-corrected chi connectivity index (χ3v) is 11.5. The number of hydrogen-bond donors (Lipinski definition) is 1. The number of carbonyl (C=O) groups excluding carboxylic acids is 1. The highest BCUT2D eigenvalue weighted by molar-refractivity contribution is 6.30. The van der Waals surface area contributed by atoms with E-state index in [2.05, 4.69) is 20.3 Å². The van der Waals surface area contributed by atoms with Crippen molar-refractivity contribution >= 4 is 28.6 Å². The lowest BCUT2D eigenvalue weighted by Crippen LogP contribution is -2.55. The normalized spacial score (nSPS) is 22.8. The van der Waals surface area contributed by atoms with Crippen LogP contribution < -0.4 is 11.1 Å². The first-order valence-electron chi connectivity index (χ1n) is 17.3. The molecule has 0 radical (unpaired) electrons. The predicted octanol–water partition coefficient (Wildman–Crippen LogP) is 6.55. The van der Waals surface area contributed by atoms with E-state index < -0.39 is 11.6 Å². The zero-order valence-electron chi connectivity index (χ0n) is 26.8. The van der Waals surface area contributed by atoms with Gasteiger partial charge in [0.2, 0.25) is 5.91 Å². The summed E-state index contributed by atoms with van der Waals surface area (Å²) >= 11 is 6.19. The summed E-state index contributed by atoms with van der Waals surface area (Å²) in [7, 11) is 0. The molecule has 3 fully saturated rings. The minimum atomic E-state index is -0.448. The number of likely N-dealkylation sites (tertiary alicyclic amines) is 1. The van der Waals surface area contributed by atoms with Crippen LogP contribution in [0.5, 0.6) is 0 Å². The van der Waals surface area contributed by atoms with Crippen molar-refractivity contribution in [2.75, 3.05) is 13.1 Å². The first-order valence-corrected chi connectivity index (χ1v) is 17.7. The summed E-state index contributed by atoms with van der Waals surface area (Å²) in [5, 5.41) is 8.89. The Kier molecular flexibility index (Phi) is 9.50. The van der Waals surface area contributed by atoms with Gasteiger partial charge in [-0.05, 0) is 98.9 Å². The highest BCUT2D eigenvalue weighted by Crippen LogP contribution is 2.47. The Morgan fingerprint density at radius 1 is 1.02 bits per heavy atom. The number of halogens is 2. The molecule has 0 unspecified atom stereocenters. The molecule has 3 aliphatic rings. The quantitative estimate of drug-likeness (QED) is 0.218. The van der Waals surface area contributed by atoms with Gasteiger partial charge in [-0.3, -0.25) is 14.0 Å². The van der Waals surface area contributed by atoms with Gasteiger partial charge in [-0.1, -0.05) is 43.0 Å². The Labute approximate surface area is 279 Å². The summed E-state index contributed by atoms with van der Waals surface area (Å²) in [6, 6.07) is 11.8. The molecule has 2 saturated carbocycles. The number of benzene rings is 2. The van der Waals surface area contributed by atoms with Crippen LogP contribution in [0, 0.1) is 17.2 Å². The van der Waals surface area contributed by atoms with Gasteiger partial charge in [0.1, 0.15) is 18.5 Å². The first kappa shape index (κ1) is 32.1. The second kappa shape index (κ2) is 13.9. The van der Waals surface area contributed by atoms with Crippen molar-refractivity contribution in [1.29, 1.82) is 0 Å². The molecule has 9 nitrogen and oxygen atoms in total. The summed E-state index contributed by atoms with van der Waals surface area (Å²) in [5.41, 5.74) is 2.10. The van der Waals surface area contributed by atoms with E-state index in [0.29, 0.717) is 22.9 Å². The van der Waals surface area contributed by atoms with E-state index in [9.17, 15) is 14.0 Å². The Morgan fingerprint density at radius 2 is 1.77 bits per heavy atom. The molecule has 4 aromatic rings. The maximum atomic E-state index is 14.3. The maximum absolute atomic E-state index is 14.3. The number of carbonyl (C=O) groups is 1. The molecule has 2 aromatic carbocycles. The van der Waals surface area contributed by atoms with Crippen LogP contribution in [0.3, 0.4) is 0 Å². The van der Waals surface area contributed by atoms with Crippen molar-refractivity contribution in [2.45, 2.75) is 102 Å². The molecule has 0 spiro atoms. The molecule has 0 bridgehead atoms. The number of rotatable bonds is 9. The van der Waals surface area contributed by atoms with Crippen LogP contribution in [0.1, 0.15) is 82.2 Å². The molecule has 7 rings (SSSR count). The Hall–Kier alpha value is -3.50. The van der Waals surface area contributed by atoms with Gasteiger partial charge < -0.3 is 14.6 Å². The molecular formula is C36H44ClFN6O3. The average Bonchev–Trinajstić information content (AvgIpc) is 3.72. The van der Waals surface area contributed by atoms with Gasteiger partial charge in [0.05, 0.1) is 11.6 Å². The van der Waals surface area contributed by atoms with Crippen molar-refractivity contribution < 1.29 is 13.6 Å². The summed E-state index contributed by atoms with van der Waals surface area (Å²) in [4.78, 5) is 33.4. The standard InChI is InChI=1S/C36H44ClFN6O3/c37-27-8-6-25(7-9-27)20-31(41-29-11-13-30(14-12-29)44-32-15-10-28(38)21-33(32)47-35(44)46)34(45)42-18-16-36(17-19-42,22-43-24-39-23-40-43)26-4-2-1-3-5-26/h6-10,15,21,23-24,26,29-31,41H,1-5,11-14,16-20,22H2/t29-,30+,31-/m1/s1. The largest absolute Gasteiger partial charge is 0.420 e. The molecule has 3 heterocycles. The van der Waals surface area contributed by atoms with Gasteiger partial charge in [-0.25, -0.2) is 14.2 Å². The minimum absolute atomic E-state index is 0.0299. The molecule has 1 N–H and O–H groups in total. The number of fused-ring (bicyclic) bond motifs is 1. The van der Waals surface area contributed by atoms with E-state index in [1.54, 1.807) is 17.0 Å². The number of nitrogens with zero attached hydrogens (tertiary/aromatic N) is 5. The van der Waals surface area contributed by atoms with Crippen molar-refractivity contribution in [3.63, 3.8) is 0 Å². The molecule has 2 aromatic heterocycles. The van der Waals surface area contributed by atoms with Crippen molar-refractivity contribution in [1.82, 2.24) is 29.5 Å². The summed E-state index contributed by atoms with van der Waals surface area (Å²) in [6.45, 7) is 2.35. The SMILES string of the molecule is O=C([C@@H](Cc1ccc(Cl)cc1)N[C@H]1CC[C@@H](n2c(=O)oc3cc(F)ccc32)CC1)N1CCC(Cn2cncn2)(C2CCCCC2)CC1. The fraction of sp³-hybridized carbons (Fsp3) is 0.556. The Morgan fingerprint density at radius 3 is 2.47 bits per heavy atom. The molecule has 250 valence electrons. The molecule has 1 aliphatic heterocycles. The van der Waals surface area contributed by atoms with E-state index >= 15 is 0 Å². The van der Waals surface area contributed by atoms with Gasteiger partial charge in [-0.15, -0.1) is 0 Å².